The molecule has 0 radical (unpaired) electrons. The third-order valence-electron chi connectivity index (χ3n) is 4.00. The molecule has 5 heteroatoms. The third-order valence-corrected chi connectivity index (χ3v) is 4.00. The second-order valence-electron chi connectivity index (χ2n) is 5.82. The number of esters is 1. The van der Waals surface area contributed by atoms with Crippen molar-refractivity contribution in [3.63, 3.8) is 0 Å². The first-order chi connectivity index (χ1) is 12.0. The summed E-state index contributed by atoms with van der Waals surface area (Å²) in [5, 5.41) is 2.81. The Balaban J connectivity index is 1.88. The summed E-state index contributed by atoms with van der Waals surface area (Å²) >= 11 is 0. The van der Waals surface area contributed by atoms with E-state index in [1.165, 1.54) is 25.1 Å². The minimum absolute atomic E-state index is 0.0790. The van der Waals surface area contributed by atoms with Crippen molar-refractivity contribution in [3.8, 4) is 0 Å². The summed E-state index contributed by atoms with van der Waals surface area (Å²) in [6, 6.07) is 15.1. The molecule has 0 aromatic heterocycles. The van der Waals surface area contributed by atoms with Gasteiger partial charge in [-0.15, -0.1) is 0 Å². The minimum atomic E-state index is -0.955. The quantitative estimate of drug-likeness (QED) is 0.780. The maximum Gasteiger partial charge on any atom is 0.339 e. The molecule has 0 aliphatic heterocycles. The largest absolute Gasteiger partial charge is 0.449 e. The second kappa shape index (κ2) is 8.97. The molecule has 0 spiro atoms. The fraction of sp³-hybridized carbons (Fsp3) is 0.300. The van der Waals surface area contributed by atoms with E-state index in [2.05, 4.69) is 12.2 Å². The van der Waals surface area contributed by atoms with Gasteiger partial charge in [0.25, 0.3) is 5.91 Å². The first kappa shape index (κ1) is 18.6. The smallest absolute Gasteiger partial charge is 0.339 e. The van der Waals surface area contributed by atoms with Gasteiger partial charge in [-0.3, -0.25) is 4.79 Å². The number of hydrogen-bond acceptors (Lipinski definition) is 3. The van der Waals surface area contributed by atoms with Gasteiger partial charge >= 0.3 is 5.97 Å². The Labute approximate surface area is 147 Å². The van der Waals surface area contributed by atoms with E-state index in [4.69, 9.17) is 4.74 Å². The number of rotatable bonds is 7. The molecule has 0 aliphatic rings. The van der Waals surface area contributed by atoms with Crippen molar-refractivity contribution in [2.45, 2.75) is 32.3 Å². The van der Waals surface area contributed by atoms with Crippen LogP contribution in [0.2, 0.25) is 0 Å². The number of halogens is 1. The SMILES string of the molecule is CC[C@H](CNC(=O)[C@H](C)OC(=O)c1cccc(F)c1)c1ccccc1. The molecule has 4 nitrogen and oxygen atoms in total. The topological polar surface area (TPSA) is 55.4 Å². The Kier molecular flexibility index (Phi) is 6.69. The van der Waals surface area contributed by atoms with Crippen LogP contribution in [0.25, 0.3) is 0 Å². The standard InChI is InChI=1S/C20H22FNO3/c1-3-15(16-8-5-4-6-9-16)13-22-19(23)14(2)25-20(24)17-10-7-11-18(21)12-17/h4-12,14-15H,3,13H2,1-2H3,(H,22,23)/t14-,15+/m0/s1. The van der Waals surface area contributed by atoms with Crippen molar-refractivity contribution in [3.05, 3.63) is 71.5 Å². The lowest BCUT2D eigenvalue weighted by atomic mass is 9.96. The Morgan fingerprint density at radius 2 is 1.84 bits per heavy atom. The van der Waals surface area contributed by atoms with E-state index >= 15 is 0 Å². The molecule has 2 aromatic rings. The Hall–Kier alpha value is -2.69. The molecule has 0 unspecified atom stereocenters. The normalized spacial score (nSPS) is 12.9. The summed E-state index contributed by atoms with van der Waals surface area (Å²) in [7, 11) is 0. The maximum atomic E-state index is 13.1. The number of carbonyl (C=O) groups excluding carboxylic acids is 2. The molecule has 1 N–H and O–H groups in total. The molecule has 25 heavy (non-hydrogen) atoms. The van der Waals surface area contributed by atoms with Crippen LogP contribution >= 0.6 is 0 Å². The third kappa shape index (κ3) is 5.41. The van der Waals surface area contributed by atoms with Gasteiger partial charge in [0.2, 0.25) is 0 Å². The summed E-state index contributed by atoms with van der Waals surface area (Å²) in [5.74, 6) is -1.44. The lowest BCUT2D eigenvalue weighted by Gasteiger charge is -2.18. The highest BCUT2D eigenvalue weighted by atomic mass is 19.1. The molecule has 2 atom stereocenters. The van der Waals surface area contributed by atoms with Gasteiger partial charge in [-0.1, -0.05) is 43.3 Å². The Morgan fingerprint density at radius 1 is 1.12 bits per heavy atom. The highest BCUT2D eigenvalue weighted by Crippen LogP contribution is 2.18. The van der Waals surface area contributed by atoms with E-state index in [-0.39, 0.29) is 17.4 Å². The van der Waals surface area contributed by atoms with Crippen molar-refractivity contribution >= 4 is 11.9 Å². The highest BCUT2D eigenvalue weighted by molar-refractivity contribution is 5.92. The second-order valence-corrected chi connectivity index (χ2v) is 5.82. The van der Waals surface area contributed by atoms with E-state index in [1.807, 2.05) is 30.3 Å². The average molecular weight is 343 g/mol. The van der Waals surface area contributed by atoms with Crippen LogP contribution < -0.4 is 5.32 Å². The molecule has 0 heterocycles. The van der Waals surface area contributed by atoms with Crippen molar-refractivity contribution < 1.29 is 18.7 Å². The van der Waals surface area contributed by atoms with Crippen molar-refractivity contribution in [2.75, 3.05) is 6.54 Å². The van der Waals surface area contributed by atoms with Crippen LogP contribution in [-0.4, -0.2) is 24.5 Å². The zero-order valence-electron chi connectivity index (χ0n) is 14.4. The summed E-state index contributed by atoms with van der Waals surface area (Å²) in [6.45, 7) is 4.01. The fourth-order valence-electron chi connectivity index (χ4n) is 2.49. The lowest BCUT2D eigenvalue weighted by molar-refractivity contribution is -0.129. The molecule has 132 valence electrons. The highest BCUT2D eigenvalue weighted by Gasteiger charge is 2.20. The predicted octanol–water partition coefficient (Wildman–Crippen LogP) is 3.68. The zero-order chi connectivity index (χ0) is 18.2. The van der Waals surface area contributed by atoms with Gasteiger partial charge < -0.3 is 10.1 Å². The molecule has 2 rings (SSSR count). The van der Waals surface area contributed by atoms with Gasteiger partial charge in [-0.25, -0.2) is 9.18 Å². The van der Waals surface area contributed by atoms with Crippen LogP contribution in [0.3, 0.4) is 0 Å². The van der Waals surface area contributed by atoms with Crippen LogP contribution in [0.15, 0.2) is 54.6 Å². The number of carbonyl (C=O) groups is 2. The predicted molar refractivity (Wildman–Crippen MR) is 93.8 cm³/mol. The summed E-state index contributed by atoms with van der Waals surface area (Å²) < 4.78 is 18.3. The number of nitrogens with one attached hydrogen (secondary N) is 1. The molecule has 0 saturated heterocycles. The Morgan fingerprint density at radius 3 is 2.48 bits per heavy atom. The van der Waals surface area contributed by atoms with Gasteiger partial charge in [-0.2, -0.15) is 0 Å². The van der Waals surface area contributed by atoms with Crippen LogP contribution in [0, 0.1) is 5.82 Å². The van der Waals surface area contributed by atoms with Crippen LogP contribution in [0.1, 0.15) is 42.1 Å². The van der Waals surface area contributed by atoms with Gasteiger partial charge in [0.15, 0.2) is 6.10 Å². The van der Waals surface area contributed by atoms with Crippen LogP contribution in [-0.2, 0) is 9.53 Å². The molecular formula is C20H22FNO3. The summed E-state index contributed by atoms with van der Waals surface area (Å²) in [6.07, 6.45) is -0.0778. The van der Waals surface area contributed by atoms with Gasteiger partial charge in [0.05, 0.1) is 5.56 Å². The van der Waals surface area contributed by atoms with E-state index in [0.717, 1.165) is 18.1 Å². The first-order valence-electron chi connectivity index (χ1n) is 8.30. The van der Waals surface area contributed by atoms with Crippen molar-refractivity contribution in [1.29, 1.82) is 0 Å². The molecule has 0 fully saturated rings. The van der Waals surface area contributed by atoms with E-state index in [9.17, 15) is 14.0 Å². The van der Waals surface area contributed by atoms with Gasteiger partial charge in [-0.05, 0) is 37.1 Å². The molecular weight excluding hydrogens is 321 g/mol. The summed E-state index contributed by atoms with van der Waals surface area (Å²) in [4.78, 5) is 24.1. The zero-order valence-corrected chi connectivity index (χ0v) is 14.4. The number of amides is 1. The fourth-order valence-corrected chi connectivity index (χ4v) is 2.49. The maximum absolute atomic E-state index is 13.1. The molecule has 0 saturated carbocycles. The van der Waals surface area contributed by atoms with E-state index in [0.29, 0.717) is 6.54 Å². The number of ether oxygens (including phenoxy) is 1. The monoisotopic (exact) mass is 343 g/mol. The number of benzene rings is 2. The van der Waals surface area contributed by atoms with Crippen molar-refractivity contribution in [1.82, 2.24) is 5.32 Å². The molecule has 0 aliphatic carbocycles. The lowest BCUT2D eigenvalue weighted by Crippen LogP contribution is -2.38. The van der Waals surface area contributed by atoms with Gasteiger partial charge in [0, 0.05) is 12.5 Å². The average Bonchev–Trinajstić information content (AvgIpc) is 2.62. The van der Waals surface area contributed by atoms with E-state index in [1.54, 1.807) is 0 Å². The van der Waals surface area contributed by atoms with E-state index < -0.39 is 17.9 Å². The van der Waals surface area contributed by atoms with Crippen molar-refractivity contribution in [2.24, 2.45) is 0 Å². The van der Waals surface area contributed by atoms with Crippen LogP contribution in [0.5, 0.6) is 0 Å². The first-order valence-corrected chi connectivity index (χ1v) is 8.30. The van der Waals surface area contributed by atoms with Crippen LogP contribution in [0.4, 0.5) is 4.39 Å². The van der Waals surface area contributed by atoms with Gasteiger partial charge in [0.1, 0.15) is 5.82 Å². The Bertz CT molecular complexity index is 718. The molecule has 2 aromatic carbocycles. The summed E-state index contributed by atoms with van der Waals surface area (Å²) in [5.41, 5.74) is 1.23. The number of hydrogen-bond donors (Lipinski definition) is 1. The molecule has 1 amide bonds. The minimum Gasteiger partial charge on any atom is -0.449 e. The molecule has 0 bridgehead atoms.